The van der Waals surface area contributed by atoms with Crippen molar-refractivity contribution in [2.45, 2.75) is 0 Å². The van der Waals surface area contributed by atoms with Crippen molar-refractivity contribution in [1.82, 2.24) is 9.97 Å². The fourth-order valence-corrected chi connectivity index (χ4v) is 1.45. The lowest BCUT2D eigenvalue weighted by atomic mass is 10.2. The van der Waals surface area contributed by atoms with Gasteiger partial charge in [-0.1, -0.05) is 6.08 Å². The Bertz CT molecular complexity index is 551. The lowest BCUT2D eigenvalue weighted by Crippen LogP contribution is -2.12. The molecule has 0 unspecified atom stereocenters. The molecule has 2 N–H and O–H groups in total. The minimum atomic E-state index is -0.207. The summed E-state index contributed by atoms with van der Waals surface area (Å²) >= 11 is 0. The zero-order chi connectivity index (χ0) is 13.5. The van der Waals surface area contributed by atoms with Gasteiger partial charge >= 0.3 is 0 Å². The Balaban J connectivity index is 1.99. The van der Waals surface area contributed by atoms with Gasteiger partial charge in [0.25, 0.3) is 5.91 Å². The molecule has 2 heterocycles. The van der Waals surface area contributed by atoms with E-state index < -0.39 is 0 Å². The van der Waals surface area contributed by atoms with Crippen LogP contribution in [0, 0.1) is 0 Å². The topological polar surface area (TPSA) is 66.9 Å². The average Bonchev–Trinajstić information content (AvgIpc) is 2.47. The average molecular weight is 254 g/mol. The number of hydrogen-bond donors (Lipinski definition) is 2. The monoisotopic (exact) mass is 254 g/mol. The van der Waals surface area contributed by atoms with Crippen molar-refractivity contribution in [3.8, 4) is 0 Å². The van der Waals surface area contributed by atoms with Crippen LogP contribution in [0.5, 0.6) is 0 Å². The molecule has 0 atom stereocenters. The number of nitrogens with one attached hydrogen (secondary N) is 2. The molecule has 96 valence electrons. The molecular weight excluding hydrogens is 240 g/mol. The first-order valence-electron chi connectivity index (χ1n) is 5.82. The zero-order valence-electron chi connectivity index (χ0n) is 10.3. The van der Waals surface area contributed by atoms with Gasteiger partial charge in [0.2, 0.25) is 0 Å². The standard InChI is InChI=1S/C14H14N4O/c1-2-7-16-13-6-5-12(10-17-13)18-14(19)11-4-3-8-15-9-11/h2-6,8-10H,1,7H2,(H,16,17)(H,18,19). The number of anilines is 2. The maximum absolute atomic E-state index is 11.9. The quantitative estimate of drug-likeness (QED) is 0.804. The molecule has 2 rings (SSSR count). The first kappa shape index (κ1) is 12.8. The molecular formula is C14H14N4O. The molecule has 0 aliphatic rings. The molecule has 1 amide bonds. The van der Waals surface area contributed by atoms with Crippen molar-refractivity contribution in [3.63, 3.8) is 0 Å². The molecule has 5 heteroatoms. The Morgan fingerprint density at radius 3 is 2.84 bits per heavy atom. The fourth-order valence-electron chi connectivity index (χ4n) is 1.45. The molecule has 0 saturated carbocycles. The number of aromatic nitrogens is 2. The molecule has 0 saturated heterocycles. The van der Waals surface area contributed by atoms with Crippen molar-refractivity contribution >= 4 is 17.4 Å². The molecule has 5 nitrogen and oxygen atoms in total. The number of pyridine rings is 2. The molecule has 0 aromatic carbocycles. The highest BCUT2D eigenvalue weighted by atomic mass is 16.1. The van der Waals surface area contributed by atoms with Gasteiger partial charge in [-0.25, -0.2) is 4.98 Å². The number of rotatable bonds is 5. The molecule has 0 radical (unpaired) electrons. The maximum Gasteiger partial charge on any atom is 0.257 e. The Morgan fingerprint density at radius 2 is 2.21 bits per heavy atom. The number of nitrogens with zero attached hydrogens (tertiary/aromatic N) is 2. The summed E-state index contributed by atoms with van der Waals surface area (Å²) in [5, 5.41) is 5.81. The van der Waals surface area contributed by atoms with E-state index in [1.54, 1.807) is 42.7 Å². The summed E-state index contributed by atoms with van der Waals surface area (Å²) in [4.78, 5) is 19.9. The van der Waals surface area contributed by atoms with Crippen LogP contribution in [0.3, 0.4) is 0 Å². The number of amides is 1. The SMILES string of the molecule is C=CCNc1ccc(NC(=O)c2cccnc2)cn1. The Hall–Kier alpha value is -2.69. The third kappa shape index (κ3) is 3.64. The van der Waals surface area contributed by atoms with Gasteiger partial charge < -0.3 is 10.6 Å². The van der Waals surface area contributed by atoms with Crippen LogP contribution in [0.1, 0.15) is 10.4 Å². The van der Waals surface area contributed by atoms with E-state index in [2.05, 4.69) is 27.2 Å². The Morgan fingerprint density at radius 1 is 1.32 bits per heavy atom. The highest BCUT2D eigenvalue weighted by Gasteiger charge is 2.05. The van der Waals surface area contributed by atoms with Crippen LogP contribution in [0.15, 0.2) is 55.5 Å². The van der Waals surface area contributed by atoms with Crippen LogP contribution in [0.2, 0.25) is 0 Å². The molecule has 0 fully saturated rings. The van der Waals surface area contributed by atoms with E-state index in [0.717, 1.165) is 5.82 Å². The minimum Gasteiger partial charge on any atom is -0.367 e. The van der Waals surface area contributed by atoms with E-state index in [-0.39, 0.29) is 5.91 Å². The van der Waals surface area contributed by atoms with Gasteiger partial charge in [0.1, 0.15) is 5.82 Å². The van der Waals surface area contributed by atoms with Crippen molar-refractivity contribution < 1.29 is 4.79 Å². The normalized spacial score (nSPS) is 9.68. The molecule has 19 heavy (non-hydrogen) atoms. The van der Waals surface area contributed by atoms with E-state index in [1.807, 2.05) is 0 Å². The summed E-state index contributed by atoms with van der Waals surface area (Å²) in [6, 6.07) is 7.00. The molecule has 0 aliphatic heterocycles. The minimum absolute atomic E-state index is 0.207. The Labute approximate surface area is 111 Å². The maximum atomic E-state index is 11.9. The summed E-state index contributed by atoms with van der Waals surface area (Å²) in [5.74, 6) is 0.529. The van der Waals surface area contributed by atoms with E-state index in [4.69, 9.17) is 0 Å². The predicted molar refractivity (Wildman–Crippen MR) is 75.1 cm³/mol. The van der Waals surface area contributed by atoms with Gasteiger partial charge in [0, 0.05) is 18.9 Å². The van der Waals surface area contributed by atoms with Gasteiger partial charge in [-0.2, -0.15) is 0 Å². The first-order chi connectivity index (χ1) is 9.29. The smallest absolute Gasteiger partial charge is 0.257 e. The lowest BCUT2D eigenvalue weighted by Gasteiger charge is -2.06. The van der Waals surface area contributed by atoms with Crippen LogP contribution in [0.4, 0.5) is 11.5 Å². The van der Waals surface area contributed by atoms with E-state index in [9.17, 15) is 4.79 Å². The summed E-state index contributed by atoms with van der Waals surface area (Å²) < 4.78 is 0. The summed E-state index contributed by atoms with van der Waals surface area (Å²) in [7, 11) is 0. The van der Waals surface area contributed by atoms with Gasteiger partial charge in [0.05, 0.1) is 17.4 Å². The van der Waals surface area contributed by atoms with Crippen molar-refractivity contribution in [1.29, 1.82) is 0 Å². The second kappa shape index (κ2) is 6.30. The summed E-state index contributed by atoms with van der Waals surface area (Å²) in [6.07, 6.45) is 6.49. The van der Waals surface area contributed by atoms with Gasteiger partial charge in [-0.15, -0.1) is 6.58 Å². The van der Waals surface area contributed by atoms with E-state index in [0.29, 0.717) is 17.8 Å². The van der Waals surface area contributed by atoms with Crippen LogP contribution in [-0.2, 0) is 0 Å². The highest BCUT2D eigenvalue weighted by Crippen LogP contribution is 2.10. The number of hydrogen-bond acceptors (Lipinski definition) is 4. The molecule has 0 spiro atoms. The van der Waals surface area contributed by atoms with Crippen molar-refractivity contribution in [2.75, 3.05) is 17.2 Å². The number of carbonyl (C=O) groups excluding carboxylic acids is 1. The molecule has 0 aliphatic carbocycles. The first-order valence-corrected chi connectivity index (χ1v) is 5.82. The second-order valence-corrected chi connectivity index (χ2v) is 3.80. The Kier molecular flexibility index (Phi) is 4.23. The van der Waals surface area contributed by atoms with Crippen LogP contribution < -0.4 is 10.6 Å². The molecule has 0 bridgehead atoms. The third-order valence-electron chi connectivity index (χ3n) is 2.37. The zero-order valence-corrected chi connectivity index (χ0v) is 10.3. The lowest BCUT2D eigenvalue weighted by molar-refractivity contribution is 0.102. The predicted octanol–water partition coefficient (Wildman–Crippen LogP) is 2.33. The van der Waals surface area contributed by atoms with Crippen molar-refractivity contribution in [2.24, 2.45) is 0 Å². The molecule has 2 aromatic rings. The highest BCUT2D eigenvalue weighted by molar-refractivity contribution is 6.03. The van der Waals surface area contributed by atoms with Crippen LogP contribution in [0.25, 0.3) is 0 Å². The second-order valence-electron chi connectivity index (χ2n) is 3.80. The molecule has 2 aromatic heterocycles. The van der Waals surface area contributed by atoms with Crippen LogP contribution in [-0.4, -0.2) is 22.4 Å². The summed E-state index contributed by atoms with van der Waals surface area (Å²) in [6.45, 7) is 4.26. The fraction of sp³-hybridized carbons (Fsp3) is 0.0714. The van der Waals surface area contributed by atoms with Crippen molar-refractivity contribution in [3.05, 3.63) is 61.1 Å². The number of carbonyl (C=O) groups is 1. The van der Waals surface area contributed by atoms with Crippen LogP contribution >= 0.6 is 0 Å². The summed E-state index contributed by atoms with van der Waals surface area (Å²) in [5.41, 5.74) is 1.15. The largest absolute Gasteiger partial charge is 0.367 e. The van der Waals surface area contributed by atoms with Gasteiger partial charge in [-0.3, -0.25) is 9.78 Å². The van der Waals surface area contributed by atoms with Gasteiger partial charge in [0.15, 0.2) is 0 Å². The van der Waals surface area contributed by atoms with E-state index >= 15 is 0 Å². The third-order valence-corrected chi connectivity index (χ3v) is 2.37. The van der Waals surface area contributed by atoms with E-state index in [1.165, 1.54) is 6.20 Å². The van der Waals surface area contributed by atoms with Gasteiger partial charge in [-0.05, 0) is 24.3 Å².